The molecule has 0 unspecified atom stereocenters. The number of rotatable bonds is 4. The number of amides is 1. The number of azo groups is 1. The van der Waals surface area contributed by atoms with Crippen LogP contribution in [0.15, 0.2) is 83.0 Å². The molecule has 0 aliphatic heterocycles. The number of aromatic hydroxyl groups is 1. The Labute approximate surface area is 193 Å². The molecule has 33 heavy (non-hydrogen) atoms. The summed E-state index contributed by atoms with van der Waals surface area (Å²) in [5.74, 6) is -0.190. The van der Waals surface area contributed by atoms with Gasteiger partial charge in [-0.15, -0.1) is 10.2 Å². The fourth-order valence-electron chi connectivity index (χ4n) is 3.65. The van der Waals surface area contributed by atoms with E-state index in [1.54, 1.807) is 49.6 Å². The number of ether oxygens (including phenoxy) is 1. The van der Waals surface area contributed by atoms with Crippen molar-refractivity contribution in [2.75, 3.05) is 7.11 Å². The first-order chi connectivity index (χ1) is 16.0. The Kier molecular flexibility index (Phi) is 5.24. The Hall–Kier alpha value is -4.23. The van der Waals surface area contributed by atoms with Gasteiger partial charge in [0, 0.05) is 21.4 Å². The summed E-state index contributed by atoms with van der Waals surface area (Å²) >= 11 is 6.07. The van der Waals surface area contributed by atoms with Gasteiger partial charge in [-0.2, -0.15) is 0 Å². The van der Waals surface area contributed by atoms with Gasteiger partial charge in [-0.3, -0.25) is 4.79 Å². The van der Waals surface area contributed by atoms with E-state index >= 15 is 0 Å². The Bertz CT molecular complexity index is 1540. The molecular weight excluding hydrogens is 440 g/mol. The largest absolute Gasteiger partial charge is 0.497 e. The van der Waals surface area contributed by atoms with Crippen LogP contribution in [0.4, 0.5) is 5.69 Å². The van der Waals surface area contributed by atoms with Crippen molar-refractivity contribution in [3.8, 4) is 22.9 Å². The number of hydrogen-bond acceptors (Lipinski definition) is 5. The number of fused-ring (bicyclic) bond motifs is 2. The number of halogens is 1. The number of pyridine rings is 1. The van der Waals surface area contributed by atoms with Crippen molar-refractivity contribution < 1.29 is 14.6 Å². The van der Waals surface area contributed by atoms with Crippen LogP contribution in [0.5, 0.6) is 11.6 Å². The molecule has 5 aromatic rings. The summed E-state index contributed by atoms with van der Waals surface area (Å²) in [6, 6.07) is 21.6. The third kappa shape index (κ3) is 3.90. The Morgan fingerprint density at radius 3 is 2.64 bits per heavy atom. The molecule has 1 amide bonds. The average molecular weight is 457 g/mol. The molecule has 2 N–H and O–H groups in total. The van der Waals surface area contributed by atoms with Gasteiger partial charge in [0.2, 0.25) is 5.88 Å². The van der Waals surface area contributed by atoms with Gasteiger partial charge in [0.15, 0.2) is 5.69 Å². The van der Waals surface area contributed by atoms with Crippen LogP contribution in [0.3, 0.4) is 0 Å². The second kappa shape index (κ2) is 8.37. The maximum absolute atomic E-state index is 13.2. The summed E-state index contributed by atoms with van der Waals surface area (Å²) in [7, 11) is 1.55. The predicted octanol–water partition coefficient (Wildman–Crippen LogP) is 6.67. The highest BCUT2D eigenvalue weighted by molar-refractivity contribution is 6.31. The van der Waals surface area contributed by atoms with Gasteiger partial charge in [-0.1, -0.05) is 41.9 Å². The Morgan fingerprint density at radius 2 is 1.85 bits per heavy atom. The van der Waals surface area contributed by atoms with E-state index in [0.717, 1.165) is 5.56 Å². The second-order valence-electron chi connectivity index (χ2n) is 7.32. The molecule has 0 aliphatic rings. The molecule has 0 fully saturated rings. The molecule has 0 saturated heterocycles. The topological polar surface area (TPSA) is 99.9 Å². The number of nitrogens with zero attached hydrogens (tertiary/aromatic N) is 3. The van der Waals surface area contributed by atoms with Crippen molar-refractivity contribution in [1.29, 1.82) is 0 Å². The van der Waals surface area contributed by atoms with Crippen molar-refractivity contribution in [2.45, 2.75) is 0 Å². The van der Waals surface area contributed by atoms with Crippen molar-refractivity contribution >= 4 is 45.0 Å². The van der Waals surface area contributed by atoms with Crippen LogP contribution in [0.2, 0.25) is 5.02 Å². The maximum atomic E-state index is 13.2. The van der Waals surface area contributed by atoms with Crippen molar-refractivity contribution in [3.05, 3.63) is 83.4 Å². The van der Waals surface area contributed by atoms with Gasteiger partial charge >= 0.3 is 0 Å². The fraction of sp³-hybridized carbons (Fsp3) is 0.0400. The van der Waals surface area contributed by atoms with E-state index in [2.05, 4.69) is 15.2 Å². The van der Waals surface area contributed by atoms with Gasteiger partial charge in [-0.05, 0) is 42.5 Å². The molecular formula is C25H17ClN4O3. The zero-order valence-electron chi connectivity index (χ0n) is 17.4. The third-order valence-corrected chi connectivity index (χ3v) is 5.51. The van der Waals surface area contributed by atoms with E-state index in [4.69, 9.17) is 21.3 Å². The third-order valence-electron chi connectivity index (χ3n) is 5.27. The summed E-state index contributed by atoms with van der Waals surface area (Å²) in [4.78, 5) is 20.7. The molecule has 2 aromatic heterocycles. The van der Waals surface area contributed by atoms with E-state index in [1.807, 2.05) is 30.3 Å². The molecule has 0 aliphatic carbocycles. The van der Waals surface area contributed by atoms with Crippen molar-refractivity contribution in [1.82, 2.24) is 9.97 Å². The lowest BCUT2D eigenvalue weighted by molar-refractivity contribution is 0.0996. The Morgan fingerprint density at radius 1 is 1.03 bits per heavy atom. The monoisotopic (exact) mass is 456 g/mol. The summed E-state index contributed by atoms with van der Waals surface area (Å²) in [6.07, 6.45) is 0. The minimum atomic E-state index is -0.580. The number of H-pyrrole nitrogens is 1. The zero-order chi connectivity index (χ0) is 22.9. The van der Waals surface area contributed by atoms with Crippen LogP contribution >= 0.6 is 11.6 Å². The van der Waals surface area contributed by atoms with Crippen LogP contribution in [-0.2, 0) is 0 Å². The maximum Gasteiger partial charge on any atom is 0.296 e. The number of benzene rings is 3. The normalized spacial score (nSPS) is 11.5. The number of aromatic nitrogens is 2. The quantitative estimate of drug-likeness (QED) is 0.295. The predicted molar refractivity (Wildman–Crippen MR) is 128 cm³/mol. The summed E-state index contributed by atoms with van der Waals surface area (Å²) in [6.45, 7) is 0. The van der Waals surface area contributed by atoms with E-state index in [1.165, 1.54) is 0 Å². The Balaban J connectivity index is 1.63. The highest BCUT2D eigenvalue weighted by atomic mass is 35.5. The van der Waals surface area contributed by atoms with Gasteiger partial charge in [0.25, 0.3) is 5.91 Å². The minimum absolute atomic E-state index is 0.139. The van der Waals surface area contributed by atoms with E-state index < -0.39 is 5.91 Å². The van der Waals surface area contributed by atoms with Gasteiger partial charge in [0.1, 0.15) is 5.75 Å². The molecule has 0 bridgehead atoms. The first-order valence-electron chi connectivity index (χ1n) is 10.0. The first kappa shape index (κ1) is 20.7. The first-order valence-corrected chi connectivity index (χ1v) is 10.4. The van der Waals surface area contributed by atoms with Crippen LogP contribution in [0, 0.1) is 0 Å². The minimum Gasteiger partial charge on any atom is -0.497 e. The lowest BCUT2D eigenvalue weighted by Crippen LogP contribution is -1.99. The summed E-state index contributed by atoms with van der Waals surface area (Å²) in [5.41, 5.74) is 3.21. The van der Waals surface area contributed by atoms with E-state index in [-0.39, 0.29) is 11.6 Å². The van der Waals surface area contributed by atoms with E-state index in [0.29, 0.717) is 43.8 Å². The average Bonchev–Trinajstić information content (AvgIpc) is 3.16. The highest BCUT2D eigenvalue weighted by Gasteiger charge is 2.16. The molecule has 5 rings (SSSR count). The zero-order valence-corrected chi connectivity index (χ0v) is 18.2. The van der Waals surface area contributed by atoms with E-state index in [9.17, 15) is 9.90 Å². The highest BCUT2D eigenvalue weighted by Crippen LogP contribution is 2.37. The standard InChI is InChI=1S/C25H17ClN4O3/c1-33-16-8-10-20-17(12-16)18(13-22(27-20)14-5-3-2-4-6-14)24(31)30-29-23-19-11-15(26)7-9-21(19)28-25(23)32/h2-13,28,32H,1H3. The molecule has 0 radical (unpaired) electrons. The molecule has 2 heterocycles. The number of aromatic amines is 1. The number of methoxy groups -OCH3 is 1. The fourth-order valence-corrected chi connectivity index (χ4v) is 3.82. The molecule has 7 nitrogen and oxygen atoms in total. The van der Waals surface area contributed by atoms with Gasteiger partial charge in [-0.25, -0.2) is 4.98 Å². The lowest BCUT2D eigenvalue weighted by Gasteiger charge is -2.09. The van der Waals surface area contributed by atoms with Crippen molar-refractivity contribution in [2.24, 2.45) is 10.2 Å². The van der Waals surface area contributed by atoms with Crippen molar-refractivity contribution in [3.63, 3.8) is 0 Å². The van der Waals surface area contributed by atoms with Gasteiger partial charge in [0.05, 0.1) is 29.4 Å². The summed E-state index contributed by atoms with van der Waals surface area (Å²) in [5, 5.41) is 19.8. The summed E-state index contributed by atoms with van der Waals surface area (Å²) < 4.78 is 5.32. The number of carbonyl (C=O) groups is 1. The smallest absolute Gasteiger partial charge is 0.296 e. The lowest BCUT2D eigenvalue weighted by atomic mass is 10.0. The van der Waals surface area contributed by atoms with Crippen LogP contribution in [0.25, 0.3) is 33.1 Å². The molecule has 0 atom stereocenters. The van der Waals surface area contributed by atoms with Crippen LogP contribution in [-0.4, -0.2) is 28.1 Å². The van der Waals surface area contributed by atoms with Gasteiger partial charge < -0.3 is 14.8 Å². The molecule has 8 heteroatoms. The SMILES string of the molecule is COc1ccc2nc(-c3ccccc3)cc(C(=O)N=Nc3c(O)[nH]c4ccc(Cl)cc34)c2c1. The second-order valence-corrected chi connectivity index (χ2v) is 7.76. The number of carbonyl (C=O) groups excluding carboxylic acids is 1. The molecule has 162 valence electrons. The number of hydrogen-bond donors (Lipinski definition) is 2. The van der Waals surface area contributed by atoms with Crippen LogP contribution in [0.1, 0.15) is 10.4 Å². The van der Waals surface area contributed by atoms with Crippen LogP contribution < -0.4 is 4.74 Å². The molecule has 3 aromatic carbocycles. The molecule has 0 spiro atoms. The number of nitrogens with one attached hydrogen (secondary N) is 1. The molecule has 0 saturated carbocycles.